The Labute approximate surface area is 166 Å². The number of hydrogen-bond acceptors (Lipinski definition) is 5. The molecule has 1 aliphatic heterocycles. The van der Waals surface area contributed by atoms with Crippen molar-refractivity contribution in [3.63, 3.8) is 0 Å². The fraction of sp³-hybridized carbons (Fsp3) is 0.500. The van der Waals surface area contributed by atoms with E-state index >= 15 is 0 Å². The van der Waals surface area contributed by atoms with Gasteiger partial charge in [0.1, 0.15) is 0 Å². The smallest absolute Gasteiger partial charge is 0.246 e. The summed E-state index contributed by atoms with van der Waals surface area (Å²) in [7, 11) is -3.48. The van der Waals surface area contributed by atoms with E-state index in [0.717, 1.165) is 31.2 Å². The summed E-state index contributed by atoms with van der Waals surface area (Å²) in [5.74, 6) is -0.144. The highest BCUT2D eigenvalue weighted by Crippen LogP contribution is 2.22. The number of carbonyl (C=O) groups excluding carboxylic acids is 1. The number of hydrogen-bond donors (Lipinski definition) is 1. The molecule has 0 aromatic heterocycles. The first-order valence-electron chi connectivity index (χ1n) is 9.55. The molecule has 7 nitrogen and oxygen atoms in total. The van der Waals surface area contributed by atoms with Gasteiger partial charge in [0.05, 0.1) is 17.4 Å². The average Bonchev–Trinajstić information content (AvgIpc) is 3.51. The van der Waals surface area contributed by atoms with Gasteiger partial charge in [0.15, 0.2) is 0 Å². The Morgan fingerprint density at radius 2 is 1.89 bits per heavy atom. The van der Waals surface area contributed by atoms with Crippen LogP contribution in [0.5, 0.6) is 0 Å². The minimum atomic E-state index is -3.48. The summed E-state index contributed by atoms with van der Waals surface area (Å²) < 4.78 is 32.4. The van der Waals surface area contributed by atoms with Gasteiger partial charge in [0.2, 0.25) is 15.9 Å². The first-order valence-corrected chi connectivity index (χ1v) is 11.0. The van der Waals surface area contributed by atoms with Crippen LogP contribution in [0.25, 0.3) is 6.08 Å². The van der Waals surface area contributed by atoms with Crippen LogP contribution in [0.15, 0.2) is 35.2 Å². The number of ether oxygens (including phenoxy) is 1. The minimum Gasteiger partial charge on any atom is -0.381 e. The van der Waals surface area contributed by atoms with Crippen LogP contribution in [0.4, 0.5) is 0 Å². The predicted molar refractivity (Wildman–Crippen MR) is 105 cm³/mol. The summed E-state index contributed by atoms with van der Waals surface area (Å²) >= 11 is 0. The zero-order valence-corrected chi connectivity index (χ0v) is 16.5. The van der Waals surface area contributed by atoms with Crippen molar-refractivity contribution in [2.75, 3.05) is 19.8 Å². The van der Waals surface area contributed by atoms with E-state index in [9.17, 15) is 13.2 Å². The van der Waals surface area contributed by atoms with Gasteiger partial charge in [-0.3, -0.25) is 4.79 Å². The lowest BCUT2D eigenvalue weighted by molar-refractivity contribution is -0.130. The third kappa shape index (κ3) is 5.64. The molecule has 2 fully saturated rings. The quantitative estimate of drug-likeness (QED) is 0.670. The van der Waals surface area contributed by atoms with Gasteiger partial charge in [-0.15, -0.1) is 0 Å². The van der Waals surface area contributed by atoms with E-state index in [1.807, 2.05) is 0 Å². The maximum atomic E-state index is 12.7. The van der Waals surface area contributed by atoms with E-state index in [1.54, 1.807) is 35.2 Å². The number of amides is 1. The highest BCUT2D eigenvalue weighted by molar-refractivity contribution is 7.89. The summed E-state index contributed by atoms with van der Waals surface area (Å²) in [5.41, 5.74) is 0.742. The Morgan fingerprint density at radius 1 is 1.21 bits per heavy atom. The lowest BCUT2D eigenvalue weighted by Crippen LogP contribution is -2.43. The highest BCUT2D eigenvalue weighted by atomic mass is 32.2. The van der Waals surface area contributed by atoms with Crippen molar-refractivity contribution in [3.05, 3.63) is 35.9 Å². The van der Waals surface area contributed by atoms with Gasteiger partial charge in [0.25, 0.3) is 0 Å². The summed E-state index contributed by atoms with van der Waals surface area (Å²) in [6, 6.07) is 8.68. The molecule has 1 N–H and O–H groups in total. The maximum Gasteiger partial charge on any atom is 0.246 e. The van der Waals surface area contributed by atoms with Crippen molar-refractivity contribution < 1.29 is 17.9 Å². The summed E-state index contributed by atoms with van der Waals surface area (Å²) in [6.45, 7) is 1.64. The van der Waals surface area contributed by atoms with Gasteiger partial charge in [-0.05, 0) is 49.5 Å². The van der Waals surface area contributed by atoms with Crippen LogP contribution in [0.2, 0.25) is 0 Å². The first kappa shape index (κ1) is 20.5. The van der Waals surface area contributed by atoms with Gasteiger partial charge >= 0.3 is 0 Å². The van der Waals surface area contributed by atoms with Crippen LogP contribution in [-0.2, 0) is 19.6 Å². The van der Waals surface area contributed by atoms with E-state index in [2.05, 4.69) is 10.8 Å². The highest BCUT2D eigenvalue weighted by Gasteiger charge is 2.28. The topological polar surface area (TPSA) is 99.5 Å². The van der Waals surface area contributed by atoms with E-state index in [0.29, 0.717) is 19.8 Å². The van der Waals surface area contributed by atoms with Crippen LogP contribution in [0.3, 0.4) is 0 Å². The van der Waals surface area contributed by atoms with Gasteiger partial charge in [-0.25, -0.2) is 13.1 Å². The van der Waals surface area contributed by atoms with Crippen LogP contribution >= 0.6 is 0 Å². The molecule has 1 saturated heterocycles. The number of carbonyl (C=O) groups is 1. The predicted octanol–water partition coefficient (Wildman–Crippen LogP) is 2.06. The molecule has 1 amide bonds. The molecule has 1 heterocycles. The standard InChI is InChI=1S/C20H25N3O4S/c21-12-1-13-23(18-10-14-27-15-11-18)20(24)9-4-16-2-7-19(8-3-16)28(25,26)22-17-5-6-17/h2-4,7-9,17-18,22H,1,5-6,10-11,13-15H2/b9-4+. The van der Waals surface area contributed by atoms with Crippen molar-refractivity contribution in [1.82, 2.24) is 9.62 Å². The molecular formula is C20H25N3O4S. The number of nitrogens with one attached hydrogen (secondary N) is 1. The summed E-state index contributed by atoms with van der Waals surface area (Å²) in [5, 5.41) is 8.87. The first-order chi connectivity index (χ1) is 13.5. The zero-order chi connectivity index (χ0) is 20.0. The zero-order valence-electron chi connectivity index (χ0n) is 15.7. The van der Waals surface area contributed by atoms with E-state index in [1.165, 1.54) is 6.08 Å². The third-order valence-electron chi connectivity index (χ3n) is 4.89. The summed E-state index contributed by atoms with van der Waals surface area (Å²) in [4.78, 5) is 14.6. The van der Waals surface area contributed by atoms with Gasteiger partial charge < -0.3 is 9.64 Å². The Kier molecular flexibility index (Phi) is 6.83. The molecule has 0 unspecified atom stereocenters. The van der Waals surface area contributed by atoms with Crippen LogP contribution in [0.1, 0.15) is 37.7 Å². The van der Waals surface area contributed by atoms with Gasteiger partial charge in [-0.1, -0.05) is 12.1 Å². The Balaban J connectivity index is 1.65. The molecule has 1 saturated carbocycles. The van der Waals surface area contributed by atoms with E-state index < -0.39 is 10.0 Å². The van der Waals surface area contributed by atoms with E-state index in [4.69, 9.17) is 10.00 Å². The molecule has 0 radical (unpaired) electrons. The molecule has 1 aliphatic carbocycles. The monoisotopic (exact) mass is 403 g/mol. The molecular weight excluding hydrogens is 378 g/mol. The van der Waals surface area contributed by atoms with Gasteiger partial charge in [0, 0.05) is 37.9 Å². The van der Waals surface area contributed by atoms with Crippen LogP contribution < -0.4 is 4.72 Å². The fourth-order valence-corrected chi connectivity index (χ4v) is 4.45. The van der Waals surface area contributed by atoms with Crippen molar-refractivity contribution in [1.29, 1.82) is 5.26 Å². The Morgan fingerprint density at radius 3 is 2.50 bits per heavy atom. The number of sulfonamides is 1. The number of nitriles is 1. The van der Waals surface area contributed by atoms with E-state index in [-0.39, 0.29) is 29.3 Å². The largest absolute Gasteiger partial charge is 0.381 e. The SMILES string of the molecule is N#CCCN(C(=O)/C=C/c1ccc(S(=O)(=O)NC2CC2)cc1)C1CCOCC1. The minimum absolute atomic E-state index is 0.0618. The lowest BCUT2D eigenvalue weighted by Gasteiger charge is -2.33. The molecule has 28 heavy (non-hydrogen) atoms. The molecule has 1 aromatic rings. The number of benzene rings is 1. The van der Waals surface area contributed by atoms with Crippen molar-refractivity contribution >= 4 is 22.0 Å². The third-order valence-corrected chi connectivity index (χ3v) is 6.42. The molecule has 0 bridgehead atoms. The molecule has 0 atom stereocenters. The Bertz CT molecular complexity index is 848. The van der Waals surface area contributed by atoms with Gasteiger partial charge in [-0.2, -0.15) is 5.26 Å². The number of nitrogens with zero attached hydrogens (tertiary/aromatic N) is 2. The van der Waals surface area contributed by atoms with Crippen molar-refractivity contribution in [2.24, 2.45) is 0 Å². The molecule has 1 aromatic carbocycles. The van der Waals surface area contributed by atoms with Crippen molar-refractivity contribution in [2.45, 2.75) is 49.1 Å². The fourth-order valence-electron chi connectivity index (χ4n) is 3.15. The Hall–Kier alpha value is -2.21. The molecule has 3 rings (SSSR count). The van der Waals surface area contributed by atoms with Crippen molar-refractivity contribution in [3.8, 4) is 6.07 Å². The lowest BCUT2D eigenvalue weighted by atomic mass is 10.1. The summed E-state index contributed by atoms with van der Waals surface area (Å²) in [6.07, 6.45) is 6.76. The average molecular weight is 404 g/mol. The normalized spacial score (nSPS) is 18.1. The molecule has 150 valence electrons. The second-order valence-corrected chi connectivity index (χ2v) is 8.80. The molecule has 2 aliphatic rings. The second-order valence-electron chi connectivity index (χ2n) is 7.08. The van der Waals surface area contributed by atoms with Crippen LogP contribution in [0, 0.1) is 11.3 Å². The molecule has 8 heteroatoms. The second kappa shape index (κ2) is 9.32. The van der Waals surface area contributed by atoms with Crippen LogP contribution in [-0.4, -0.2) is 51.1 Å². The number of rotatable bonds is 8. The molecule has 0 spiro atoms. The maximum absolute atomic E-state index is 12.7.